The summed E-state index contributed by atoms with van der Waals surface area (Å²) in [5.74, 6) is 1.37. The van der Waals surface area contributed by atoms with Crippen LogP contribution in [0.4, 0.5) is 0 Å². The Morgan fingerprint density at radius 2 is 2.18 bits per heavy atom. The van der Waals surface area contributed by atoms with E-state index in [1.807, 2.05) is 0 Å². The number of hydrogen-bond acceptors (Lipinski definition) is 2. The van der Waals surface area contributed by atoms with Crippen molar-refractivity contribution in [2.75, 3.05) is 6.61 Å². The Labute approximate surface area is 68.8 Å². The summed E-state index contributed by atoms with van der Waals surface area (Å²) in [7, 11) is 0. The van der Waals surface area contributed by atoms with Crippen LogP contribution in [0.15, 0.2) is 0 Å². The molecule has 1 rings (SSSR count). The highest BCUT2D eigenvalue weighted by molar-refractivity contribution is 4.82. The molecular formula is C9H19NO. The number of aliphatic hydroxyl groups excluding tert-OH is 1. The zero-order valence-corrected chi connectivity index (χ0v) is 7.29. The lowest BCUT2D eigenvalue weighted by Gasteiger charge is -2.35. The molecule has 2 atom stereocenters. The van der Waals surface area contributed by atoms with Gasteiger partial charge in [-0.2, -0.15) is 0 Å². The number of hydrogen-bond donors (Lipinski definition) is 2. The minimum atomic E-state index is 0.257. The molecule has 1 saturated carbocycles. The van der Waals surface area contributed by atoms with Gasteiger partial charge in [0, 0.05) is 12.6 Å². The molecule has 0 aliphatic heterocycles. The molecule has 0 aromatic heterocycles. The van der Waals surface area contributed by atoms with Crippen LogP contribution >= 0.6 is 0 Å². The second-order valence-electron chi connectivity index (χ2n) is 3.73. The highest BCUT2D eigenvalue weighted by Gasteiger charge is 2.28. The van der Waals surface area contributed by atoms with Gasteiger partial charge in [-0.05, 0) is 25.2 Å². The maximum Gasteiger partial charge on any atom is 0.0434 e. The molecule has 11 heavy (non-hydrogen) atoms. The minimum Gasteiger partial charge on any atom is -0.396 e. The van der Waals surface area contributed by atoms with E-state index in [4.69, 9.17) is 10.8 Å². The maximum atomic E-state index is 8.80. The normalized spacial score (nSPS) is 24.3. The standard InChI is InChI=1S/C9H19NO/c1-7(10)9(5-6-11)8-3-2-4-8/h7-9,11H,2-6,10H2,1H3. The van der Waals surface area contributed by atoms with Crippen molar-refractivity contribution >= 4 is 0 Å². The van der Waals surface area contributed by atoms with Crippen molar-refractivity contribution in [1.82, 2.24) is 0 Å². The van der Waals surface area contributed by atoms with Crippen molar-refractivity contribution < 1.29 is 5.11 Å². The third-order valence-electron chi connectivity index (χ3n) is 2.89. The summed E-state index contributed by atoms with van der Waals surface area (Å²) in [5, 5.41) is 8.80. The Bertz CT molecular complexity index is 110. The van der Waals surface area contributed by atoms with E-state index in [0.717, 1.165) is 12.3 Å². The molecule has 3 N–H and O–H groups in total. The Balaban J connectivity index is 2.31. The van der Waals surface area contributed by atoms with Gasteiger partial charge in [0.05, 0.1) is 0 Å². The van der Waals surface area contributed by atoms with E-state index in [0.29, 0.717) is 12.5 Å². The SMILES string of the molecule is CC(N)C(CCO)C1CCC1. The van der Waals surface area contributed by atoms with Crippen molar-refractivity contribution in [2.24, 2.45) is 17.6 Å². The summed E-state index contributed by atoms with van der Waals surface area (Å²) in [6.07, 6.45) is 4.90. The molecule has 2 nitrogen and oxygen atoms in total. The molecule has 1 aliphatic rings. The molecule has 0 radical (unpaired) electrons. The summed E-state index contributed by atoms with van der Waals surface area (Å²) in [6.45, 7) is 2.35. The zero-order chi connectivity index (χ0) is 8.27. The fourth-order valence-electron chi connectivity index (χ4n) is 1.94. The molecule has 0 saturated heterocycles. The summed E-state index contributed by atoms with van der Waals surface area (Å²) >= 11 is 0. The van der Waals surface area contributed by atoms with Crippen molar-refractivity contribution in [3.05, 3.63) is 0 Å². The van der Waals surface area contributed by atoms with E-state index in [-0.39, 0.29) is 6.04 Å². The van der Waals surface area contributed by atoms with Gasteiger partial charge < -0.3 is 10.8 Å². The molecule has 0 spiro atoms. The fourth-order valence-corrected chi connectivity index (χ4v) is 1.94. The first-order valence-electron chi connectivity index (χ1n) is 4.62. The van der Waals surface area contributed by atoms with Gasteiger partial charge >= 0.3 is 0 Å². The van der Waals surface area contributed by atoms with Crippen molar-refractivity contribution in [1.29, 1.82) is 0 Å². The first kappa shape index (κ1) is 9.01. The monoisotopic (exact) mass is 157 g/mol. The second kappa shape index (κ2) is 4.07. The van der Waals surface area contributed by atoms with Crippen LogP contribution in [0.5, 0.6) is 0 Å². The summed E-state index contributed by atoms with van der Waals surface area (Å²) < 4.78 is 0. The van der Waals surface area contributed by atoms with Crippen molar-refractivity contribution in [3.8, 4) is 0 Å². The first-order chi connectivity index (χ1) is 5.25. The lowest BCUT2D eigenvalue weighted by atomic mass is 9.72. The third-order valence-corrected chi connectivity index (χ3v) is 2.89. The van der Waals surface area contributed by atoms with Crippen LogP contribution in [0.3, 0.4) is 0 Å². The number of rotatable bonds is 4. The van der Waals surface area contributed by atoms with Gasteiger partial charge in [0.15, 0.2) is 0 Å². The topological polar surface area (TPSA) is 46.2 Å². The third kappa shape index (κ3) is 2.17. The van der Waals surface area contributed by atoms with E-state index in [9.17, 15) is 0 Å². The van der Waals surface area contributed by atoms with E-state index >= 15 is 0 Å². The molecule has 1 aliphatic carbocycles. The number of aliphatic hydroxyl groups is 1. The molecule has 2 heteroatoms. The summed E-state index contributed by atoms with van der Waals surface area (Å²) in [5.41, 5.74) is 5.82. The molecule has 0 bridgehead atoms. The Morgan fingerprint density at radius 1 is 1.55 bits per heavy atom. The maximum absolute atomic E-state index is 8.80. The molecule has 0 heterocycles. The van der Waals surface area contributed by atoms with E-state index in [1.54, 1.807) is 0 Å². The first-order valence-corrected chi connectivity index (χ1v) is 4.62. The van der Waals surface area contributed by atoms with Crippen molar-refractivity contribution in [3.63, 3.8) is 0 Å². The van der Waals surface area contributed by atoms with Crippen LogP contribution in [0.1, 0.15) is 32.6 Å². The highest BCUT2D eigenvalue weighted by atomic mass is 16.3. The van der Waals surface area contributed by atoms with Gasteiger partial charge in [-0.1, -0.05) is 19.3 Å². The zero-order valence-electron chi connectivity index (χ0n) is 7.29. The van der Waals surface area contributed by atoms with E-state index < -0.39 is 0 Å². The van der Waals surface area contributed by atoms with Crippen LogP contribution < -0.4 is 5.73 Å². The van der Waals surface area contributed by atoms with Gasteiger partial charge in [-0.3, -0.25) is 0 Å². The Hall–Kier alpha value is -0.0800. The Morgan fingerprint density at radius 3 is 2.45 bits per heavy atom. The Kier molecular flexibility index (Phi) is 3.34. The molecule has 0 aromatic rings. The van der Waals surface area contributed by atoms with Gasteiger partial charge in [0.25, 0.3) is 0 Å². The van der Waals surface area contributed by atoms with Gasteiger partial charge in [-0.25, -0.2) is 0 Å². The quantitative estimate of drug-likeness (QED) is 0.642. The second-order valence-corrected chi connectivity index (χ2v) is 3.73. The molecular weight excluding hydrogens is 138 g/mol. The van der Waals surface area contributed by atoms with Crippen LogP contribution in [-0.4, -0.2) is 17.8 Å². The van der Waals surface area contributed by atoms with E-state index in [2.05, 4.69) is 6.92 Å². The van der Waals surface area contributed by atoms with Gasteiger partial charge in [-0.15, -0.1) is 0 Å². The molecule has 2 unspecified atom stereocenters. The molecule has 0 amide bonds. The van der Waals surface area contributed by atoms with Gasteiger partial charge in [0.1, 0.15) is 0 Å². The van der Waals surface area contributed by atoms with Crippen LogP contribution in [0, 0.1) is 11.8 Å². The average molecular weight is 157 g/mol. The molecule has 66 valence electrons. The van der Waals surface area contributed by atoms with Crippen LogP contribution in [0.2, 0.25) is 0 Å². The smallest absolute Gasteiger partial charge is 0.0434 e. The predicted octanol–water partition coefficient (Wildman–Crippen LogP) is 1.13. The van der Waals surface area contributed by atoms with Crippen LogP contribution in [-0.2, 0) is 0 Å². The lowest BCUT2D eigenvalue weighted by Crippen LogP contribution is -2.36. The lowest BCUT2D eigenvalue weighted by molar-refractivity contribution is 0.143. The van der Waals surface area contributed by atoms with Crippen LogP contribution in [0.25, 0.3) is 0 Å². The molecule has 1 fully saturated rings. The molecule has 0 aromatic carbocycles. The number of nitrogens with two attached hydrogens (primary N) is 1. The summed E-state index contributed by atoms with van der Waals surface area (Å²) in [6, 6.07) is 0.257. The fraction of sp³-hybridized carbons (Fsp3) is 1.00. The van der Waals surface area contributed by atoms with E-state index in [1.165, 1.54) is 19.3 Å². The minimum absolute atomic E-state index is 0.257. The predicted molar refractivity (Wildman–Crippen MR) is 46.2 cm³/mol. The largest absolute Gasteiger partial charge is 0.396 e. The summed E-state index contributed by atoms with van der Waals surface area (Å²) in [4.78, 5) is 0. The highest BCUT2D eigenvalue weighted by Crippen LogP contribution is 2.36. The van der Waals surface area contributed by atoms with Crippen molar-refractivity contribution in [2.45, 2.75) is 38.6 Å². The average Bonchev–Trinajstić information content (AvgIpc) is 1.82. The van der Waals surface area contributed by atoms with Gasteiger partial charge in [0.2, 0.25) is 0 Å².